The number of imidazole rings is 1. The van der Waals surface area contributed by atoms with Crippen LogP contribution >= 0.6 is 0 Å². The lowest BCUT2D eigenvalue weighted by molar-refractivity contribution is 1.01. The van der Waals surface area contributed by atoms with Crippen LogP contribution in [0.15, 0.2) is 18.2 Å². The fourth-order valence-electron chi connectivity index (χ4n) is 1.54. The summed E-state index contributed by atoms with van der Waals surface area (Å²) in [6, 6.07) is 8.23. The van der Waals surface area contributed by atoms with Crippen LogP contribution in [0.2, 0.25) is 0 Å². The molecule has 2 rings (SSSR count). The lowest BCUT2D eigenvalue weighted by Crippen LogP contribution is -1.83. The van der Waals surface area contributed by atoms with Gasteiger partial charge in [-0.05, 0) is 31.0 Å². The first kappa shape index (κ1) is 8.76. The van der Waals surface area contributed by atoms with Crippen molar-refractivity contribution >= 4 is 11.0 Å². The van der Waals surface area contributed by atoms with Crippen molar-refractivity contribution in [3.63, 3.8) is 0 Å². The molecule has 0 saturated heterocycles. The van der Waals surface area contributed by atoms with Crippen molar-refractivity contribution in [1.82, 2.24) is 9.97 Å². The number of aromatic nitrogens is 2. The second-order valence-corrected chi connectivity index (χ2v) is 3.33. The van der Waals surface area contributed by atoms with E-state index in [4.69, 9.17) is 5.26 Å². The lowest BCUT2D eigenvalue weighted by atomic mass is 10.1. The van der Waals surface area contributed by atoms with Crippen LogP contribution in [-0.4, -0.2) is 9.97 Å². The molecule has 0 atom stereocenters. The van der Waals surface area contributed by atoms with Gasteiger partial charge in [0.15, 0.2) is 0 Å². The van der Waals surface area contributed by atoms with Gasteiger partial charge >= 0.3 is 0 Å². The molecule has 2 aromatic rings. The molecule has 1 heterocycles. The summed E-state index contributed by atoms with van der Waals surface area (Å²) in [5.74, 6) is 0.928. The quantitative estimate of drug-likeness (QED) is 0.780. The highest BCUT2D eigenvalue weighted by Crippen LogP contribution is 2.14. The monoisotopic (exact) mass is 185 g/mol. The summed E-state index contributed by atoms with van der Waals surface area (Å²) in [5, 5.41) is 8.47. The van der Waals surface area contributed by atoms with Crippen LogP contribution in [0.4, 0.5) is 0 Å². The van der Waals surface area contributed by atoms with E-state index in [1.165, 1.54) is 5.56 Å². The molecule has 0 spiro atoms. The van der Waals surface area contributed by atoms with E-state index in [1.54, 1.807) is 0 Å². The molecule has 1 aromatic heterocycles. The number of aromatic amines is 1. The summed E-state index contributed by atoms with van der Waals surface area (Å²) in [5.41, 5.74) is 3.23. The third kappa shape index (κ3) is 1.60. The molecule has 0 aliphatic heterocycles. The Labute approximate surface area is 82.4 Å². The number of aryl methyl sites for hydroxylation is 2. The van der Waals surface area contributed by atoms with E-state index in [2.05, 4.69) is 22.1 Å². The predicted octanol–water partition coefficient (Wildman–Crippen LogP) is 2.33. The fraction of sp³-hybridized carbons (Fsp3) is 0.273. The highest BCUT2D eigenvalue weighted by atomic mass is 14.9. The minimum atomic E-state index is 0.568. The van der Waals surface area contributed by atoms with Crippen molar-refractivity contribution in [3.05, 3.63) is 29.6 Å². The van der Waals surface area contributed by atoms with Crippen molar-refractivity contribution in [2.45, 2.75) is 19.8 Å². The predicted molar refractivity (Wildman–Crippen MR) is 54.8 cm³/mol. The van der Waals surface area contributed by atoms with E-state index in [0.29, 0.717) is 6.42 Å². The number of nitriles is 1. The van der Waals surface area contributed by atoms with Gasteiger partial charge in [0.1, 0.15) is 5.82 Å². The minimum absolute atomic E-state index is 0.568. The van der Waals surface area contributed by atoms with Gasteiger partial charge in [0.25, 0.3) is 0 Å². The van der Waals surface area contributed by atoms with Crippen LogP contribution in [-0.2, 0) is 6.42 Å². The van der Waals surface area contributed by atoms with Gasteiger partial charge < -0.3 is 4.98 Å². The second kappa shape index (κ2) is 3.51. The number of fused-ring (bicyclic) bond motifs is 1. The number of hydrogen-bond donors (Lipinski definition) is 1. The highest BCUT2D eigenvalue weighted by Gasteiger charge is 2.00. The van der Waals surface area contributed by atoms with Gasteiger partial charge in [-0.25, -0.2) is 4.98 Å². The Kier molecular flexibility index (Phi) is 2.19. The van der Waals surface area contributed by atoms with Crippen LogP contribution in [0.1, 0.15) is 17.8 Å². The van der Waals surface area contributed by atoms with Crippen LogP contribution < -0.4 is 0 Å². The number of benzene rings is 1. The zero-order valence-corrected chi connectivity index (χ0v) is 8.04. The Morgan fingerprint density at radius 1 is 1.50 bits per heavy atom. The van der Waals surface area contributed by atoms with Gasteiger partial charge in [-0.2, -0.15) is 5.26 Å². The number of H-pyrrole nitrogens is 1. The van der Waals surface area contributed by atoms with E-state index in [0.717, 1.165) is 23.3 Å². The highest BCUT2D eigenvalue weighted by molar-refractivity contribution is 5.75. The van der Waals surface area contributed by atoms with Gasteiger partial charge in [0.2, 0.25) is 0 Å². The summed E-state index contributed by atoms with van der Waals surface area (Å²) in [6.45, 7) is 1.94. The van der Waals surface area contributed by atoms with E-state index < -0.39 is 0 Å². The van der Waals surface area contributed by atoms with E-state index in [1.807, 2.05) is 19.1 Å². The van der Waals surface area contributed by atoms with E-state index >= 15 is 0 Å². The van der Waals surface area contributed by atoms with Crippen molar-refractivity contribution in [2.24, 2.45) is 0 Å². The first-order valence-corrected chi connectivity index (χ1v) is 4.62. The van der Waals surface area contributed by atoms with Crippen LogP contribution in [0, 0.1) is 18.3 Å². The van der Waals surface area contributed by atoms with Crippen molar-refractivity contribution in [1.29, 1.82) is 5.26 Å². The Morgan fingerprint density at radius 2 is 2.36 bits per heavy atom. The maximum atomic E-state index is 8.47. The summed E-state index contributed by atoms with van der Waals surface area (Å²) >= 11 is 0. The fourth-order valence-corrected chi connectivity index (χ4v) is 1.54. The molecule has 1 N–H and O–H groups in total. The maximum absolute atomic E-state index is 8.47. The van der Waals surface area contributed by atoms with Crippen molar-refractivity contribution in [3.8, 4) is 6.07 Å². The van der Waals surface area contributed by atoms with E-state index in [-0.39, 0.29) is 0 Å². The minimum Gasteiger partial charge on any atom is -0.342 e. The maximum Gasteiger partial charge on any atom is 0.104 e. The van der Waals surface area contributed by atoms with Gasteiger partial charge in [-0.15, -0.1) is 0 Å². The first-order valence-electron chi connectivity index (χ1n) is 4.62. The summed E-state index contributed by atoms with van der Waals surface area (Å²) in [6.07, 6.45) is 1.38. The average Bonchev–Trinajstić information content (AvgIpc) is 2.54. The standard InChI is InChI=1S/C11H11N3/c1-8-13-10-5-4-9(3-2-6-12)7-11(10)14-8/h4-5,7H,2-3H2,1H3,(H,13,14). The van der Waals surface area contributed by atoms with Crippen molar-refractivity contribution < 1.29 is 0 Å². The Balaban J connectivity index is 2.36. The molecule has 0 saturated carbocycles. The van der Waals surface area contributed by atoms with Gasteiger partial charge in [-0.3, -0.25) is 0 Å². The number of nitrogens with one attached hydrogen (secondary N) is 1. The largest absolute Gasteiger partial charge is 0.342 e. The Morgan fingerprint density at radius 3 is 3.14 bits per heavy atom. The van der Waals surface area contributed by atoms with Gasteiger partial charge in [0, 0.05) is 6.42 Å². The van der Waals surface area contributed by atoms with Crippen molar-refractivity contribution in [2.75, 3.05) is 0 Å². The normalized spacial score (nSPS) is 10.3. The zero-order valence-electron chi connectivity index (χ0n) is 8.04. The molecule has 0 fully saturated rings. The van der Waals surface area contributed by atoms with E-state index in [9.17, 15) is 0 Å². The Bertz CT molecular complexity index is 491. The molecule has 0 radical (unpaired) electrons. The first-order chi connectivity index (χ1) is 6.79. The summed E-state index contributed by atoms with van der Waals surface area (Å²) in [4.78, 5) is 7.50. The number of rotatable bonds is 2. The molecule has 70 valence electrons. The molecule has 0 amide bonds. The third-order valence-corrected chi connectivity index (χ3v) is 2.19. The van der Waals surface area contributed by atoms with Crippen LogP contribution in [0.5, 0.6) is 0 Å². The summed E-state index contributed by atoms with van der Waals surface area (Å²) in [7, 11) is 0. The van der Waals surface area contributed by atoms with Crippen LogP contribution in [0.25, 0.3) is 11.0 Å². The number of hydrogen-bond acceptors (Lipinski definition) is 2. The zero-order chi connectivity index (χ0) is 9.97. The molecule has 0 unspecified atom stereocenters. The lowest BCUT2D eigenvalue weighted by Gasteiger charge is -1.95. The van der Waals surface area contributed by atoms with Gasteiger partial charge in [-0.1, -0.05) is 6.07 Å². The molecule has 0 bridgehead atoms. The topological polar surface area (TPSA) is 52.5 Å². The molecule has 0 aliphatic carbocycles. The second-order valence-electron chi connectivity index (χ2n) is 3.33. The smallest absolute Gasteiger partial charge is 0.104 e. The molecule has 1 aromatic carbocycles. The Hall–Kier alpha value is -1.82. The third-order valence-electron chi connectivity index (χ3n) is 2.19. The molecular weight excluding hydrogens is 174 g/mol. The molecule has 0 aliphatic rings. The SMILES string of the molecule is Cc1nc2ccc(CCC#N)cc2[nH]1. The van der Waals surface area contributed by atoms with Gasteiger partial charge in [0.05, 0.1) is 17.1 Å². The molecular formula is C11H11N3. The summed E-state index contributed by atoms with van der Waals surface area (Å²) < 4.78 is 0. The van der Waals surface area contributed by atoms with Crippen LogP contribution in [0.3, 0.4) is 0 Å². The number of nitrogens with zero attached hydrogens (tertiary/aromatic N) is 2. The average molecular weight is 185 g/mol. The molecule has 14 heavy (non-hydrogen) atoms. The molecule has 3 nitrogen and oxygen atoms in total. The molecule has 3 heteroatoms.